The van der Waals surface area contributed by atoms with Crippen molar-refractivity contribution in [2.75, 3.05) is 0 Å². The second-order valence-electron chi connectivity index (χ2n) is 6.64. The zero-order chi connectivity index (χ0) is 21.0. The third-order valence-corrected chi connectivity index (χ3v) is 4.47. The summed E-state index contributed by atoms with van der Waals surface area (Å²) in [5.41, 5.74) is 6.60. The molecule has 0 fully saturated rings. The second kappa shape index (κ2) is 12.7. The molecule has 31 heavy (non-hydrogen) atoms. The molecule has 4 aromatic rings. The summed E-state index contributed by atoms with van der Waals surface area (Å²) in [5.74, 6) is 5.20. The van der Waals surface area contributed by atoms with E-state index in [0.29, 0.717) is 0 Å². The summed E-state index contributed by atoms with van der Waals surface area (Å²) in [6, 6.07) is 32.3. The van der Waals surface area contributed by atoms with Crippen LogP contribution in [0, 0.1) is 24.7 Å². The topological polar surface area (TPSA) is 0 Å². The predicted octanol–water partition coefficient (Wildman–Crippen LogP) is 7.11. The van der Waals surface area contributed by atoms with Crippen LogP contribution in [0.5, 0.6) is 0 Å². The van der Waals surface area contributed by atoms with Gasteiger partial charge in [0.15, 0.2) is 0 Å². The fourth-order valence-electron chi connectivity index (χ4n) is 2.77. The summed E-state index contributed by atoms with van der Waals surface area (Å²) in [7, 11) is 0. The van der Waals surface area contributed by atoms with Crippen LogP contribution in [0.4, 0.5) is 0 Å². The van der Waals surface area contributed by atoms with Gasteiger partial charge < -0.3 is 0 Å². The first-order valence-corrected chi connectivity index (χ1v) is 9.70. The molecule has 1 heteroatoms. The zero-order valence-electron chi connectivity index (χ0n) is 17.1. The number of rotatable bonds is 4. The van der Waals surface area contributed by atoms with Crippen molar-refractivity contribution in [3.63, 3.8) is 0 Å². The van der Waals surface area contributed by atoms with Crippen LogP contribution in [0.25, 0.3) is 24.3 Å². The summed E-state index contributed by atoms with van der Waals surface area (Å²) in [6.45, 7) is 0. The SMILES string of the molecule is C#Cc1ccc(/C=C/[c-]2cccc2)cc1.C#Cc1ccc(/C=C/[c-]2cccc2)cc1.[Fe+2]. The van der Waals surface area contributed by atoms with Crippen molar-refractivity contribution in [2.45, 2.75) is 0 Å². The van der Waals surface area contributed by atoms with E-state index in [1.807, 2.05) is 72.8 Å². The first kappa shape index (κ1) is 23.5. The Balaban J connectivity index is 0.000000213. The third-order valence-electron chi connectivity index (χ3n) is 4.47. The molecule has 0 atom stereocenters. The van der Waals surface area contributed by atoms with E-state index in [-0.39, 0.29) is 17.1 Å². The largest absolute Gasteiger partial charge is 2.00 e. The molecule has 0 aliphatic heterocycles. The van der Waals surface area contributed by atoms with Gasteiger partial charge in [-0.25, -0.2) is 0 Å². The van der Waals surface area contributed by atoms with Gasteiger partial charge in [-0.15, -0.1) is 72.5 Å². The van der Waals surface area contributed by atoms with E-state index in [1.165, 1.54) is 11.1 Å². The molecule has 0 aromatic heterocycles. The quantitative estimate of drug-likeness (QED) is 0.181. The normalized spacial score (nSPS) is 10.0. The smallest absolute Gasteiger partial charge is 0.174 e. The Labute approximate surface area is 196 Å². The van der Waals surface area contributed by atoms with Crippen LogP contribution in [0.3, 0.4) is 0 Å². The van der Waals surface area contributed by atoms with Crippen molar-refractivity contribution >= 4 is 24.3 Å². The maximum Gasteiger partial charge on any atom is 2.00 e. The molecule has 0 heterocycles. The molecule has 4 rings (SSSR count). The maximum absolute atomic E-state index is 5.28. The Bertz CT molecular complexity index is 1060. The van der Waals surface area contributed by atoms with Crippen molar-refractivity contribution in [3.05, 3.63) is 130 Å². The molecule has 0 amide bonds. The molecule has 0 N–H and O–H groups in total. The Kier molecular flexibility index (Phi) is 9.68. The number of hydrogen-bond acceptors (Lipinski definition) is 0. The van der Waals surface area contributed by atoms with E-state index in [9.17, 15) is 0 Å². The molecule has 0 bridgehead atoms. The van der Waals surface area contributed by atoms with Crippen LogP contribution in [0.15, 0.2) is 97.1 Å². The van der Waals surface area contributed by atoms with Gasteiger partial charge >= 0.3 is 17.1 Å². The molecular weight excluding hydrogens is 416 g/mol. The minimum absolute atomic E-state index is 0. The molecule has 0 nitrogen and oxygen atoms in total. The maximum atomic E-state index is 5.28. The molecule has 0 aliphatic rings. The van der Waals surface area contributed by atoms with Crippen molar-refractivity contribution in [1.82, 2.24) is 0 Å². The standard InChI is InChI=1S/2C15H11.Fe/c2*1-2-13-7-9-15(10-8-13)12-11-14-5-3-4-6-14;/h2*1,3-12H;/q2*-1;+2/b2*12-11+;. The fourth-order valence-corrected chi connectivity index (χ4v) is 2.77. The Hall–Kier alpha value is -3.74. The van der Waals surface area contributed by atoms with E-state index < -0.39 is 0 Å². The van der Waals surface area contributed by atoms with Crippen LogP contribution in [0.1, 0.15) is 33.4 Å². The predicted molar refractivity (Wildman–Crippen MR) is 131 cm³/mol. The first-order valence-electron chi connectivity index (χ1n) is 9.70. The van der Waals surface area contributed by atoms with E-state index in [0.717, 1.165) is 22.3 Å². The van der Waals surface area contributed by atoms with Gasteiger partial charge in [-0.1, -0.05) is 47.2 Å². The Morgan fingerprint density at radius 2 is 0.871 bits per heavy atom. The van der Waals surface area contributed by atoms with Crippen LogP contribution >= 0.6 is 0 Å². The van der Waals surface area contributed by atoms with E-state index in [1.54, 1.807) is 0 Å². The fraction of sp³-hybridized carbons (Fsp3) is 0. The molecule has 0 aliphatic carbocycles. The number of hydrogen-bond donors (Lipinski definition) is 0. The average molecular weight is 438 g/mol. The van der Waals surface area contributed by atoms with Gasteiger partial charge in [0.2, 0.25) is 0 Å². The van der Waals surface area contributed by atoms with Gasteiger partial charge in [-0.3, -0.25) is 0 Å². The molecular formula is C30H22Fe. The van der Waals surface area contributed by atoms with E-state index in [2.05, 4.69) is 60.4 Å². The number of benzene rings is 2. The van der Waals surface area contributed by atoms with Crippen molar-refractivity contribution in [3.8, 4) is 24.7 Å². The molecule has 0 radical (unpaired) electrons. The Morgan fingerprint density at radius 3 is 1.16 bits per heavy atom. The van der Waals surface area contributed by atoms with Crippen LogP contribution < -0.4 is 0 Å². The molecule has 4 aromatic carbocycles. The van der Waals surface area contributed by atoms with Gasteiger partial charge in [0, 0.05) is 11.1 Å². The van der Waals surface area contributed by atoms with Gasteiger partial charge in [-0.2, -0.15) is 24.3 Å². The summed E-state index contributed by atoms with van der Waals surface area (Å²) >= 11 is 0. The summed E-state index contributed by atoms with van der Waals surface area (Å²) < 4.78 is 0. The number of terminal acetylenes is 2. The Morgan fingerprint density at radius 1 is 0.548 bits per heavy atom. The molecule has 0 saturated carbocycles. The van der Waals surface area contributed by atoms with Crippen LogP contribution in [0.2, 0.25) is 0 Å². The van der Waals surface area contributed by atoms with Crippen molar-refractivity contribution in [2.24, 2.45) is 0 Å². The van der Waals surface area contributed by atoms with Crippen LogP contribution in [-0.4, -0.2) is 0 Å². The minimum atomic E-state index is 0. The van der Waals surface area contributed by atoms with Crippen LogP contribution in [-0.2, 0) is 17.1 Å². The third kappa shape index (κ3) is 7.89. The molecule has 0 spiro atoms. The van der Waals surface area contributed by atoms with Gasteiger partial charge in [-0.05, 0) is 24.3 Å². The van der Waals surface area contributed by atoms with Gasteiger partial charge in [0.05, 0.1) is 0 Å². The molecule has 0 saturated heterocycles. The van der Waals surface area contributed by atoms with E-state index in [4.69, 9.17) is 12.8 Å². The summed E-state index contributed by atoms with van der Waals surface area (Å²) in [5, 5.41) is 0. The monoisotopic (exact) mass is 438 g/mol. The zero-order valence-corrected chi connectivity index (χ0v) is 18.2. The van der Waals surface area contributed by atoms with Crippen molar-refractivity contribution in [1.29, 1.82) is 0 Å². The van der Waals surface area contributed by atoms with Crippen molar-refractivity contribution < 1.29 is 17.1 Å². The van der Waals surface area contributed by atoms with Gasteiger partial charge in [0.1, 0.15) is 0 Å². The van der Waals surface area contributed by atoms with Gasteiger partial charge in [0.25, 0.3) is 0 Å². The average Bonchev–Trinajstić information content (AvgIpc) is 3.52. The summed E-state index contributed by atoms with van der Waals surface area (Å²) in [4.78, 5) is 0. The molecule has 150 valence electrons. The molecule has 0 unspecified atom stereocenters. The minimum Gasteiger partial charge on any atom is -0.174 e. The summed E-state index contributed by atoms with van der Waals surface area (Å²) in [6.07, 6.45) is 18.9. The second-order valence-corrected chi connectivity index (χ2v) is 6.64. The van der Waals surface area contributed by atoms with E-state index >= 15 is 0 Å². The first-order chi connectivity index (χ1) is 14.8.